The van der Waals surface area contributed by atoms with Gasteiger partial charge in [-0.25, -0.2) is 21.6 Å². The van der Waals surface area contributed by atoms with Crippen LogP contribution < -0.4 is 25.4 Å². The van der Waals surface area contributed by atoms with Crippen LogP contribution >= 0.6 is 0 Å². The summed E-state index contributed by atoms with van der Waals surface area (Å²) >= 11 is 0. The van der Waals surface area contributed by atoms with E-state index < -0.39 is 31.8 Å². The average Bonchev–Trinajstić information content (AvgIpc) is 3.52. The lowest BCUT2D eigenvalue weighted by Gasteiger charge is -2.38. The van der Waals surface area contributed by atoms with E-state index >= 15 is 0 Å². The molecule has 0 aliphatic carbocycles. The van der Waals surface area contributed by atoms with E-state index in [-0.39, 0.29) is 34.9 Å². The molecular weight excluding hydrogens is 683 g/mol. The maximum Gasteiger partial charge on any atom is 0.243 e. The first-order valence-electron chi connectivity index (χ1n) is 16.8. The third kappa shape index (κ3) is 9.88. The summed E-state index contributed by atoms with van der Waals surface area (Å²) in [4.78, 5) is 11.3. The summed E-state index contributed by atoms with van der Waals surface area (Å²) in [7, 11) is -5.98. The van der Waals surface area contributed by atoms with Gasteiger partial charge < -0.3 is 30.5 Å². The van der Waals surface area contributed by atoms with Crippen LogP contribution in [0.5, 0.6) is 5.75 Å². The summed E-state index contributed by atoms with van der Waals surface area (Å²) in [5, 5.41) is 19.9. The lowest BCUT2D eigenvalue weighted by Crippen LogP contribution is -2.47. The molecule has 5 rings (SSSR count). The number of hydrogen-bond donors (Lipinski definition) is 5. The first kappa shape index (κ1) is 37.8. The third-order valence-corrected chi connectivity index (χ3v) is 12.4. The zero-order valence-electron chi connectivity index (χ0n) is 28.4. The monoisotopic (exact) mass is 729 g/mol. The largest absolute Gasteiger partial charge is 0.491 e. The SMILES string of the molecule is CNS(=O)(=O)c1cccc(OC[C@@H](O)CNC2COC3(CCN(S(=O)(=O)c4cccc(-c5ccc(CNCCNC(C)=O)cc5)c4)CC3)C2)c1. The molecule has 3 aromatic carbocycles. The number of ether oxygens (including phenoxy) is 2. The summed E-state index contributed by atoms with van der Waals surface area (Å²) in [6, 6.07) is 21.1. The van der Waals surface area contributed by atoms with Crippen molar-refractivity contribution in [3.8, 4) is 16.9 Å². The van der Waals surface area contributed by atoms with Crippen LogP contribution in [0.15, 0.2) is 82.6 Å². The van der Waals surface area contributed by atoms with E-state index in [1.165, 1.54) is 30.4 Å². The van der Waals surface area contributed by atoms with Gasteiger partial charge in [-0.3, -0.25) is 4.79 Å². The van der Waals surface area contributed by atoms with Crippen LogP contribution in [0.4, 0.5) is 0 Å². The zero-order chi connectivity index (χ0) is 35.8. The Labute approximate surface area is 294 Å². The van der Waals surface area contributed by atoms with Gasteiger partial charge in [0.1, 0.15) is 18.5 Å². The third-order valence-electron chi connectivity index (χ3n) is 9.08. The summed E-state index contributed by atoms with van der Waals surface area (Å²) in [5.74, 6) is 0.285. The molecule has 2 heterocycles. The fraction of sp³-hybridized carbons (Fsp3) is 0.457. The highest BCUT2D eigenvalue weighted by atomic mass is 32.2. The van der Waals surface area contributed by atoms with E-state index in [9.17, 15) is 26.7 Å². The molecule has 0 bridgehead atoms. The molecule has 50 heavy (non-hydrogen) atoms. The van der Waals surface area contributed by atoms with Crippen molar-refractivity contribution < 1.29 is 36.2 Å². The lowest BCUT2D eigenvalue weighted by molar-refractivity contribution is -0.118. The van der Waals surface area contributed by atoms with Gasteiger partial charge in [0.05, 0.1) is 22.0 Å². The lowest BCUT2D eigenvalue weighted by atomic mass is 9.88. The number of piperidine rings is 1. The summed E-state index contributed by atoms with van der Waals surface area (Å²) in [5.41, 5.74) is 2.40. The minimum Gasteiger partial charge on any atom is -0.491 e. The molecule has 2 fully saturated rings. The highest BCUT2D eigenvalue weighted by Crippen LogP contribution is 2.37. The Balaban J connectivity index is 1.08. The Hall–Kier alpha value is -3.41. The Kier molecular flexibility index (Phi) is 12.7. The van der Waals surface area contributed by atoms with Crippen molar-refractivity contribution in [1.29, 1.82) is 0 Å². The standard InChI is InChI=1S/C35H47N5O8S2/c1-26(41)38-16-15-37-22-27-9-11-28(12-10-27)29-5-3-8-34(19-29)50(45,46)40-17-13-35(14-18-40)21-30(24-48-35)39-23-31(42)25-47-32-6-4-7-33(20-32)49(43,44)36-2/h3-12,19-20,30-31,36-37,39,42H,13-18,21-25H2,1-2H3,(H,38,41)/t30?,31-/m0/s1. The van der Waals surface area contributed by atoms with E-state index in [1.54, 1.807) is 30.3 Å². The number of aliphatic hydroxyl groups excluding tert-OH is 1. The van der Waals surface area contributed by atoms with Crippen LogP contribution in [0, 0.1) is 0 Å². The Morgan fingerprint density at radius 1 is 0.980 bits per heavy atom. The second-order valence-corrected chi connectivity index (χ2v) is 16.6. The molecule has 272 valence electrons. The number of nitrogens with one attached hydrogen (secondary N) is 4. The molecule has 13 nitrogen and oxygen atoms in total. The maximum atomic E-state index is 13.7. The van der Waals surface area contributed by atoms with Crippen LogP contribution in [0.2, 0.25) is 0 Å². The molecule has 2 aliphatic heterocycles. The quantitative estimate of drug-likeness (QED) is 0.137. The van der Waals surface area contributed by atoms with Crippen molar-refractivity contribution in [2.45, 2.75) is 60.3 Å². The molecule has 2 aliphatic rings. The molecule has 1 spiro atoms. The van der Waals surface area contributed by atoms with Crippen LogP contribution in [0.3, 0.4) is 0 Å². The van der Waals surface area contributed by atoms with Gasteiger partial charge in [0.15, 0.2) is 0 Å². The molecule has 3 aromatic rings. The number of nitrogens with zero attached hydrogens (tertiary/aromatic N) is 1. The normalized spacial score (nSPS) is 18.6. The molecule has 0 radical (unpaired) electrons. The molecule has 15 heteroatoms. The molecule has 0 aromatic heterocycles. The summed E-state index contributed by atoms with van der Waals surface area (Å²) in [6.45, 7) is 4.77. The zero-order valence-corrected chi connectivity index (χ0v) is 30.1. The molecular formula is C35H47N5O8S2. The summed E-state index contributed by atoms with van der Waals surface area (Å²) < 4.78 is 67.1. The highest BCUT2D eigenvalue weighted by Gasteiger charge is 2.44. The van der Waals surface area contributed by atoms with E-state index in [0.717, 1.165) is 16.7 Å². The van der Waals surface area contributed by atoms with Gasteiger partial charge in [0.25, 0.3) is 0 Å². The van der Waals surface area contributed by atoms with E-state index in [1.807, 2.05) is 30.3 Å². The van der Waals surface area contributed by atoms with Gasteiger partial charge >= 0.3 is 0 Å². The molecule has 1 unspecified atom stereocenters. The van der Waals surface area contributed by atoms with Crippen molar-refractivity contribution in [1.82, 2.24) is 25.0 Å². The maximum absolute atomic E-state index is 13.7. The highest BCUT2D eigenvalue weighted by molar-refractivity contribution is 7.89. The van der Waals surface area contributed by atoms with Crippen molar-refractivity contribution >= 4 is 26.0 Å². The summed E-state index contributed by atoms with van der Waals surface area (Å²) in [6.07, 6.45) is 1.01. The topological polar surface area (TPSA) is 175 Å². The molecule has 2 saturated heterocycles. The van der Waals surface area contributed by atoms with Crippen molar-refractivity contribution in [2.24, 2.45) is 0 Å². The average molecular weight is 730 g/mol. The van der Waals surface area contributed by atoms with Gasteiger partial charge in [0.2, 0.25) is 26.0 Å². The fourth-order valence-corrected chi connectivity index (χ4v) is 8.47. The minimum absolute atomic E-state index is 0.000466. The Morgan fingerprint density at radius 3 is 2.42 bits per heavy atom. The van der Waals surface area contributed by atoms with Gasteiger partial charge in [-0.1, -0.05) is 42.5 Å². The number of benzene rings is 3. The predicted molar refractivity (Wildman–Crippen MR) is 190 cm³/mol. The number of hydrogen-bond acceptors (Lipinski definition) is 10. The second-order valence-electron chi connectivity index (χ2n) is 12.7. The van der Waals surface area contributed by atoms with Crippen LogP contribution in [-0.2, 0) is 36.1 Å². The van der Waals surface area contributed by atoms with E-state index in [0.29, 0.717) is 64.3 Å². The predicted octanol–water partition coefficient (Wildman–Crippen LogP) is 1.83. The van der Waals surface area contributed by atoms with E-state index in [2.05, 4.69) is 20.7 Å². The van der Waals surface area contributed by atoms with Crippen molar-refractivity contribution in [2.75, 3.05) is 53.0 Å². The van der Waals surface area contributed by atoms with Crippen LogP contribution in [0.1, 0.15) is 31.7 Å². The van der Waals surface area contributed by atoms with Crippen LogP contribution in [-0.4, -0.2) is 103 Å². The van der Waals surface area contributed by atoms with Gasteiger partial charge in [0, 0.05) is 58.3 Å². The smallest absolute Gasteiger partial charge is 0.243 e. The number of carbonyl (C=O) groups is 1. The number of sulfonamides is 2. The molecule has 1 amide bonds. The molecule has 0 saturated carbocycles. The van der Waals surface area contributed by atoms with Gasteiger partial charge in [-0.2, -0.15) is 4.31 Å². The number of carbonyl (C=O) groups excluding carboxylic acids is 1. The van der Waals surface area contributed by atoms with E-state index in [4.69, 9.17) is 9.47 Å². The fourth-order valence-electron chi connectivity index (χ4n) is 6.22. The minimum atomic E-state index is -3.71. The van der Waals surface area contributed by atoms with Crippen molar-refractivity contribution in [3.05, 3.63) is 78.4 Å². The van der Waals surface area contributed by atoms with Crippen molar-refractivity contribution in [3.63, 3.8) is 0 Å². The first-order valence-corrected chi connectivity index (χ1v) is 19.7. The number of rotatable bonds is 16. The van der Waals surface area contributed by atoms with Gasteiger partial charge in [-0.15, -0.1) is 0 Å². The van der Waals surface area contributed by atoms with Crippen LogP contribution in [0.25, 0.3) is 11.1 Å². The number of amides is 1. The molecule has 2 atom stereocenters. The number of aliphatic hydroxyl groups is 1. The first-order chi connectivity index (χ1) is 23.9. The van der Waals surface area contributed by atoms with Gasteiger partial charge in [-0.05, 0) is 67.3 Å². The molecule has 5 N–H and O–H groups in total. The second kappa shape index (κ2) is 16.7. The Bertz CT molecular complexity index is 1810. The Morgan fingerprint density at radius 2 is 1.70 bits per heavy atom.